The molecule has 0 saturated carbocycles. The van der Waals surface area contributed by atoms with Crippen molar-refractivity contribution in [3.05, 3.63) is 21.9 Å². The fraction of sp³-hybridized carbons (Fsp3) is 0.111. The first-order valence-corrected chi connectivity index (χ1v) is 4.14. The highest BCUT2D eigenvalue weighted by Crippen LogP contribution is 2.10. The molecule has 0 spiro atoms. The van der Waals surface area contributed by atoms with E-state index in [-0.39, 0.29) is 6.42 Å². The van der Waals surface area contributed by atoms with Gasteiger partial charge in [-0.15, -0.1) is 11.3 Å². The van der Waals surface area contributed by atoms with Gasteiger partial charge in [-0.1, -0.05) is 11.8 Å². The predicted molar refractivity (Wildman–Crippen MR) is 46.8 cm³/mol. The molecular weight excluding hydrogens is 170 g/mol. The number of hydrogen-bond acceptors (Lipinski definition) is 3. The Morgan fingerprint density at radius 2 is 2.50 bits per heavy atom. The van der Waals surface area contributed by atoms with Gasteiger partial charge in [0, 0.05) is 10.9 Å². The molecule has 12 heavy (non-hydrogen) atoms. The lowest BCUT2D eigenvalue weighted by atomic mass is 10.3. The lowest BCUT2D eigenvalue weighted by Crippen LogP contribution is -1.67. The van der Waals surface area contributed by atoms with Crippen molar-refractivity contribution >= 4 is 17.6 Å². The number of carbonyl (C=O) groups excluding carboxylic acids is 1. The fourth-order valence-electron chi connectivity index (χ4n) is 0.666. The van der Waals surface area contributed by atoms with E-state index >= 15 is 0 Å². The van der Waals surface area contributed by atoms with Gasteiger partial charge >= 0.3 is 0 Å². The van der Waals surface area contributed by atoms with Gasteiger partial charge in [-0.05, 0) is 6.07 Å². The second kappa shape index (κ2) is 4.33. The van der Waals surface area contributed by atoms with Crippen LogP contribution in [-0.4, -0.2) is 6.29 Å². The Hall–Kier alpha value is -1.58. The van der Waals surface area contributed by atoms with E-state index in [2.05, 4.69) is 11.8 Å². The van der Waals surface area contributed by atoms with Crippen molar-refractivity contribution in [2.75, 3.05) is 0 Å². The van der Waals surface area contributed by atoms with Gasteiger partial charge in [0.2, 0.25) is 0 Å². The third kappa shape index (κ3) is 2.23. The smallest absolute Gasteiger partial charge is 0.160 e. The van der Waals surface area contributed by atoms with Gasteiger partial charge in [0.15, 0.2) is 6.29 Å². The molecule has 1 aromatic rings. The van der Waals surface area contributed by atoms with Gasteiger partial charge < -0.3 is 0 Å². The third-order valence-corrected chi connectivity index (χ3v) is 1.99. The van der Waals surface area contributed by atoms with Crippen LogP contribution in [0, 0.1) is 23.2 Å². The zero-order chi connectivity index (χ0) is 8.81. The molecule has 0 saturated heterocycles. The minimum Gasteiger partial charge on any atom is -0.297 e. The van der Waals surface area contributed by atoms with Crippen molar-refractivity contribution in [1.29, 1.82) is 5.26 Å². The summed E-state index contributed by atoms with van der Waals surface area (Å²) in [5, 5.41) is 9.99. The highest BCUT2D eigenvalue weighted by Gasteiger charge is 1.93. The van der Waals surface area contributed by atoms with E-state index in [9.17, 15) is 4.79 Å². The van der Waals surface area contributed by atoms with Crippen LogP contribution >= 0.6 is 11.3 Å². The Balaban J connectivity index is 2.73. The molecule has 0 atom stereocenters. The topological polar surface area (TPSA) is 40.9 Å². The first kappa shape index (κ1) is 8.52. The summed E-state index contributed by atoms with van der Waals surface area (Å²) in [6, 6.07) is 3.63. The van der Waals surface area contributed by atoms with E-state index < -0.39 is 0 Å². The molecule has 3 heteroatoms. The molecule has 58 valence electrons. The van der Waals surface area contributed by atoms with E-state index in [0.717, 1.165) is 11.8 Å². The number of thiophene rings is 1. The quantitative estimate of drug-likeness (QED) is 0.482. The first-order valence-electron chi connectivity index (χ1n) is 3.26. The molecular formula is C9H5NOS. The molecule has 0 bridgehead atoms. The average Bonchev–Trinajstić information content (AvgIpc) is 2.53. The van der Waals surface area contributed by atoms with Crippen LogP contribution in [0.3, 0.4) is 0 Å². The molecule has 0 unspecified atom stereocenters. The molecule has 0 radical (unpaired) electrons. The zero-order valence-electron chi connectivity index (χ0n) is 6.20. The summed E-state index contributed by atoms with van der Waals surface area (Å²) in [5.41, 5.74) is 0.803. The molecule has 1 heterocycles. The number of aldehydes is 1. The second-order valence-electron chi connectivity index (χ2n) is 1.99. The number of carbonyl (C=O) groups is 1. The number of nitrogens with zero attached hydrogens (tertiary/aromatic N) is 1. The van der Waals surface area contributed by atoms with Crippen molar-refractivity contribution < 1.29 is 4.79 Å². The molecule has 2 nitrogen and oxygen atoms in total. The minimum absolute atomic E-state index is 0.228. The largest absolute Gasteiger partial charge is 0.297 e. The van der Waals surface area contributed by atoms with Gasteiger partial charge in [-0.3, -0.25) is 4.79 Å². The van der Waals surface area contributed by atoms with E-state index in [4.69, 9.17) is 5.26 Å². The molecule has 0 amide bonds. The molecule has 0 fully saturated rings. The van der Waals surface area contributed by atoms with Crippen molar-refractivity contribution in [2.45, 2.75) is 6.42 Å². The summed E-state index contributed by atoms with van der Waals surface area (Å²) < 4.78 is 0. The van der Waals surface area contributed by atoms with E-state index in [0.29, 0.717) is 4.88 Å². The van der Waals surface area contributed by atoms with Crippen molar-refractivity contribution in [3.8, 4) is 17.9 Å². The number of hydrogen-bond donors (Lipinski definition) is 0. The Kier molecular flexibility index (Phi) is 3.07. The Labute approximate surface area is 74.4 Å². The van der Waals surface area contributed by atoms with E-state index in [1.807, 2.05) is 6.07 Å². The molecule has 1 aromatic heterocycles. The monoisotopic (exact) mass is 175 g/mol. The van der Waals surface area contributed by atoms with Crippen molar-refractivity contribution in [3.63, 3.8) is 0 Å². The summed E-state index contributed by atoms with van der Waals surface area (Å²) >= 11 is 1.35. The number of nitriles is 1. The van der Waals surface area contributed by atoms with Crippen molar-refractivity contribution in [1.82, 2.24) is 0 Å². The zero-order valence-corrected chi connectivity index (χ0v) is 7.02. The molecule has 0 aliphatic carbocycles. The van der Waals surface area contributed by atoms with Gasteiger partial charge in [0.05, 0.1) is 17.4 Å². The van der Waals surface area contributed by atoms with Gasteiger partial charge in [-0.2, -0.15) is 5.26 Å². The van der Waals surface area contributed by atoms with Crippen LogP contribution in [0.4, 0.5) is 0 Å². The second-order valence-corrected chi connectivity index (χ2v) is 2.94. The maximum absolute atomic E-state index is 10.3. The molecule has 0 aromatic carbocycles. The summed E-state index contributed by atoms with van der Waals surface area (Å²) in [6.45, 7) is 0. The highest BCUT2D eigenvalue weighted by molar-refractivity contribution is 7.11. The van der Waals surface area contributed by atoms with Crippen LogP contribution in [0.15, 0.2) is 11.4 Å². The Morgan fingerprint density at radius 3 is 3.08 bits per heavy atom. The molecule has 0 aliphatic rings. The molecule has 0 aliphatic heterocycles. The normalized spacial score (nSPS) is 7.92. The van der Waals surface area contributed by atoms with Crippen LogP contribution in [-0.2, 0) is 0 Å². The molecule has 0 N–H and O–H groups in total. The summed E-state index contributed by atoms with van der Waals surface area (Å²) in [4.78, 5) is 10.9. The highest BCUT2D eigenvalue weighted by atomic mass is 32.1. The van der Waals surface area contributed by atoms with Crippen LogP contribution in [0.25, 0.3) is 0 Å². The van der Waals surface area contributed by atoms with E-state index in [1.165, 1.54) is 11.3 Å². The predicted octanol–water partition coefficient (Wildman–Crippen LogP) is 1.83. The fourth-order valence-corrected chi connectivity index (χ4v) is 1.31. The van der Waals surface area contributed by atoms with Crippen molar-refractivity contribution in [2.24, 2.45) is 0 Å². The Morgan fingerprint density at radius 1 is 1.67 bits per heavy atom. The summed E-state index contributed by atoms with van der Waals surface area (Å²) in [5.74, 6) is 5.45. The third-order valence-electron chi connectivity index (χ3n) is 1.14. The van der Waals surface area contributed by atoms with Crippen LogP contribution < -0.4 is 0 Å². The lowest BCUT2D eigenvalue weighted by molar-refractivity contribution is 0.112. The van der Waals surface area contributed by atoms with Crippen LogP contribution in [0.5, 0.6) is 0 Å². The SMILES string of the molecule is N#CCC#Cc1csc(C=O)c1. The van der Waals surface area contributed by atoms with Crippen LogP contribution in [0.2, 0.25) is 0 Å². The van der Waals surface area contributed by atoms with E-state index in [1.54, 1.807) is 11.4 Å². The van der Waals surface area contributed by atoms with Gasteiger partial charge in [-0.25, -0.2) is 0 Å². The lowest BCUT2D eigenvalue weighted by Gasteiger charge is -1.73. The molecule has 1 rings (SSSR count). The summed E-state index contributed by atoms with van der Waals surface area (Å²) in [6.07, 6.45) is 1.02. The average molecular weight is 175 g/mol. The van der Waals surface area contributed by atoms with Crippen LogP contribution in [0.1, 0.15) is 21.7 Å². The minimum atomic E-state index is 0.228. The standard InChI is InChI=1S/C9H5NOS/c10-4-2-1-3-8-5-9(6-11)12-7-8/h5-7H,2H2. The number of rotatable bonds is 1. The maximum Gasteiger partial charge on any atom is 0.160 e. The maximum atomic E-state index is 10.3. The summed E-state index contributed by atoms with van der Waals surface area (Å²) in [7, 11) is 0. The first-order chi connectivity index (χ1) is 5.86. The van der Waals surface area contributed by atoms with Gasteiger partial charge in [0.1, 0.15) is 0 Å². The Bertz CT molecular complexity index is 375. The van der Waals surface area contributed by atoms with Gasteiger partial charge in [0.25, 0.3) is 0 Å².